The number of nitrogens with zero attached hydrogens (tertiary/aromatic N) is 1. The molecular formula is C14H15ClFN3. The van der Waals surface area contributed by atoms with Gasteiger partial charge in [0.05, 0.1) is 11.9 Å². The molecular weight excluding hydrogens is 265 g/mol. The van der Waals surface area contributed by atoms with Crippen LogP contribution in [0.1, 0.15) is 24.6 Å². The Labute approximate surface area is 116 Å². The lowest BCUT2D eigenvalue weighted by Crippen LogP contribution is -2.27. The molecule has 0 unspecified atom stereocenters. The molecule has 0 amide bonds. The Kier molecular flexibility index (Phi) is 3.53. The van der Waals surface area contributed by atoms with Crippen LogP contribution in [0.25, 0.3) is 11.3 Å². The second-order valence-electron chi connectivity index (χ2n) is 4.86. The van der Waals surface area contributed by atoms with Crippen LogP contribution in [0.2, 0.25) is 5.02 Å². The first-order valence-electron chi connectivity index (χ1n) is 6.44. The third-order valence-corrected chi connectivity index (χ3v) is 3.71. The number of nitrogens with one attached hydrogen (secondary N) is 2. The van der Waals surface area contributed by atoms with E-state index in [-0.39, 0.29) is 5.82 Å². The number of rotatable bonds is 2. The number of hydrogen-bond acceptors (Lipinski definition) is 2. The maximum absolute atomic E-state index is 13.3. The predicted molar refractivity (Wildman–Crippen MR) is 73.8 cm³/mol. The van der Waals surface area contributed by atoms with Gasteiger partial charge in [0.15, 0.2) is 0 Å². The topological polar surface area (TPSA) is 40.7 Å². The Balaban J connectivity index is 1.87. The van der Waals surface area contributed by atoms with Crippen molar-refractivity contribution in [3.05, 3.63) is 41.1 Å². The fourth-order valence-electron chi connectivity index (χ4n) is 2.50. The van der Waals surface area contributed by atoms with E-state index in [0.29, 0.717) is 10.9 Å². The van der Waals surface area contributed by atoms with Gasteiger partial charge in [0, 0.05) is 16.5 Å². The van der Waals surface area contributed by atoms with Crippen molar-refractivity contribution in [3.63, 3.8) is 0 Å². The highest BCUT2D eigenvalue weighted by molar-refractivity contribution is 6.30. The van der Waals surface area contributed by atoms with Crippen LogP contribution in [0.3, 0.4) is 0 Å². The van der Waals surface area contributed by atoms with E-state index in [2.05, 4.69) is 15.3 Å². The highest BCUT2D eigenvalue weighted by Crippen LogP contribution is 2.27. The number of benzene rings is 1. The first-order valence-corrected chi connectivity index (χ1v) is 6.82. The maximum Gasteiger partial charge on any atom is 0.125 e. The molecule has 100 valence electrons. The summed E-state index contributed by atoms with van der Waals surface area (Å²) in [4.78, 5) is 7.72. The third kappa shape index (κ3) is 2.80. The molecule has 1 aliphatic heterocycles. The maximum atomic E-state index is 13.3. The van der Waals surface area contributed by atoms with Gasteiger partial charge in [-0.15, -0.1) is 0 Å². The molecule has 0 radical (unpaired) electrons. The molecule has 0 spiro atoms. The highest BCUT2D eigenvalue weighted by atomic mass is 35.5. The molecule has 1 saturated heterocycles. The van der Waals surface area contributed by atoms with Gasteiger partial charge in [-0.2, -0.15) is 0 Å². The molecule has 2 heterocycles. The minimum Gasteiger partial charge on any atom is -0.342 e. The average molecular weight is 280 g/mol. The zero-order valence-electron chi connectivity index (χ0n) is 10.4. The Morgan fingerprint density at radius 2 is 2.00 bits per heavy atom. The van der Waals surface area contributed by atoms with E-state index in [0.717, 1.165) is 43.0 Å². The lowest BCUT2D eigenvalue weighted by molar-refractivity contribution is 0.447. The van der Waals surface area contributed by atoms with Gasteiger partial charge in [-0.05, 0) is 44.1 Å². The normalized spacial score (nSPS) is 16.7. The van der Waals surface area contributed by atoms with Crippen LogP contribution in [0.15, 0.2) is 24.4 Å². The summed E-state index contributed by atoms with van der Waals surface area (Å²) in [6.45, 7) is 2.04. The zero-order chi connectivity index (χ0) is 13.2. The van der Waals surface area contributed by atoms with Crippen LogP contribution >= 0.6 is 11.6 Å². The summed E-state index contributed by atoms with van der Waals surface area (Å²) >= 11 is 5.87. The van der Waals surface area contributed by atoms with Crippen molar-refractivity contribution in [2.24, 2.45) is 0 Å². The summed E-state index contributed by atoms with van der Waals surface area (Å²) in [7, 11) is 0. The van der Waals surface area contributed by atoms with Gasteiger partial charge >= 0.3 is 0 Å². The first-order chi connectivity index (χ1) is 9.22. The number of piperidine rings is 1. The molecule has 5 heteroatoms. The van der Waals surface area contributed by atoms with Crippen molar-refractivity contribution in [3.8, 4) is 11.3 Å². The molecule has 0 atom stereocenters. The van der Waals surface area contributed by atoms with Crippen LogP contribution in [0.5, 0.6) is 0 Å². The van der Waals surface area contributed by atoms with E-state index in [1.54, 1.807) is 12.3 Å². The van der Waals surface area contributed by atoms with Gasteiger partial charge in [-0.3, -0.25) is 0 Å². The van der Waals surface area contributed by atoms with E-state index >= 15 is 0 Å². The average Bonchev–Trinajstić information content (AvgIpc) is 2.88. The molecule has 2 N–H and O–H groups in total. The van der Waals surface area contributed by atoms with Gasteiger partial charge in [0.1, 0.15) is 11.6 Å². The summed E-state index contributed by atoms with van der Waals surface area (Å²) in [5.74, 6) is 1.11. The van der Waals surface area contributed by atoms with Gasteiger partial charge in [-0.1, -0.05) is 11.6 Å². The standard InChI is InChI=1S/C14H15ClFN3/c15-11-5-10(6-12(16)7-11)13-8-18-14(19-13)9-1-3-17-4-2-9/h5-9,17H,1-4H2,(H,18,19). The van der Waals surface area contributed by atoms with Crippen molar-refractivity contribution in [2.75, 3.05) is 13.1 Å². The lowest BCUT2D eigenvalue weighted by atomic mass is 9.98. The largest absolute Gasteiger partial charge is 0.342 e. The van der Waals surface area contributed by atoms with Gasteiger partial charge in [0.2, 0.25) is 0 Å². The Bertz CT molecular complexity index is 556. The van der Waals surface area contributed by atoms with Crippen molar-refractivity contribution < 1.29 is 4.39 Å². The second-order valence-corrected chi connectivity index (χ2v) is 5.30. The number of aromatic nitrogens is 2. The number of imidazole rings is 1. The molecule has 1 aromatic carbocycles. The van der Waals surface area contributed by atoms with E-state index < -0.39 is 0 Å². The van der Waals surface area contributed by atoms with Crippen LogP contribution < -0.4 is 5.32 Å². The quantitative estimate of drug-likeness (QED) is 0.885. The third-order valence-electron chi connectivity index (χ3n) is 3.49. The molecule has 3 rings (SSSR count). The van der Waals surface area contributed by atoms with Gasteiger partial charge in [0.25, 0.3) is 0 Å². The van der Waals surface area contributed by atoms with Crippen molar-refractivity contribution in [1.29, 1.82) is 0 Å². The molecule has 1 aromatic heterocycles. The second kappa shape index (κ2) is 5.31. The zero-order valence-corrected chi connectivity index (χ0v) is 11.2. The van der Waals surface area contributed by atoms with Crippen molar-refractivity contribution in [1.82, 2.24) is 15.3 Å². The summed E-state index contributed by atoms with van der Waals surface area (Å²) in [6.07, 6.45) is 3.91. The van der Waals surface area contributed by atoms with Crippen LogP contribution in [0.4, 0.5) is 4.39 Å². The van der Waals surface area contributed by atoms with Crippen molar-refractivity contribution >= 4 is 11.6 Å². The number of aromatic amines is 1. The smallest absolute Gasteiger partial charge is 0.125 e. The molecule has 0 saturated carbocycles. The molecule has 1 fully saturated rings. The van der Waals surface area contributed by atoms with E-state index in [1.807, 2.05) is 0 Å². The lowest BCUT2D eigenvalue weighted by Gasteiger charge is -2.20. The summed E-state index contributed by atoms with van der Waals surface area (Å²) < 4.78 is 13.3. The summed E-state index contributed by atoms with van der Waals surface area (Å²) in [6, 6.07) is 4.51. The molecule has 0 bridgehead atoms. The van der Waals surface area contributed by atoms with E-state index in [4.69, 9.17) is 11.6 Å². The van der Waals surface area contributed by atoms with Crippen LogP contribution in [-0.2, 0) is 0 Å². The van der Waals surface area contributed by atoms with Crippen LogP contribution in [0, 0.1) is 5.82 Å². The summed E-state index contributed by atoms with van der Waals surface area (Å²) in [5, 5.41) is 3.73. The fraction of sp³-hybridized carbons (Fsp3) is 0.357. The molecule has 1 aliphatic rings. The van der Waals surface area contributed by atoms with Gasteiger partial charge in [-0.25, -0.2) is 9.37 Å². The molecule has 0 aliphatic carbocycles. The number of hydrogen-bond donors (Lipinski definition) is 2. The van der Waals surface area contributed by atoms with Crippen molar-refractivity contribution in [2.45, 2.75) is 18.8 Å². The number of H-pyrrole nitrogens is 1. The molecule has 2 aromatic rings. The Morgan fingerprint density at radius 1 is 1.21 bits per heavy atom. The first kappa shape index (κ1) is 12.6. The highest BCUT2D eigenvalue weighted by Gasteiger charge is 2.18. The monoisotopic (exact) mass is 279 g/mol. The van der Waals surface area contributed by atoms with E-state index in [1.165, 1.54) is 12.1 Å². The Morgan fingerprint density at radius 3 is 2.74 bits per heavy atom. The fourth-order valence-corrected chi connectivity index (χ4v) is 2.72. The number of halogens is 2. The summed E-state index contributed by atoms with van der Waals surface area (Å²) in [5.41, 5.74) is 1.55. The van der Waals surface area contributed by atoms with E-state index in [9.17, 15) is 4.39 Å². The minimum absolute atomic E-state index is 0.333. The van der Waals surface area contributed by atoms with Gasteiger partial charge < -0.3 is 10.3 Å². The minimum atomic E-state index is -0.333. The van der Waals surface area contributed by atoms with Crippen LogP contribution in [-0.4, -0.2) is 23.1 Å². The SMILES string of the molecule is Fc1cc(Cl)cc(-c2cnc(C3CCNCC3)[nH]2)c1. The molecule has 3 nitrogen and oxygen atoms in total. The Hall–Kier alpha value is -1.39. The molecule has 19 heavy (non-hydrogen) atoms. The predicted octanol–water partition coefficient (Wildman–Crippen LogP) is 3.34.